The number of amides is 3. The van der Waals surface area contributed by atoms with E-state index in [2.05, 4.69) is 10.6 Å². The molecule has 0 saturated carbocycles. The van der Waals surface area contributed by atoms with Crippen LogP contribution in [0.5, 0.6) is 0 Å². The van der Waals surface area contributed by atoms with Crippen LogP contribution < -0.4 is 10.6 Å². The number of rotatable bonds is 7. The van der Waals surface area contributed by atoms with E-state index in [1.165, 1.54) is 0 Å². The fraction of sp³-hybridized carbons (Fsp3) is 0.474. The van der Waals surface area contributed by atoms with Crippen molar-refractivity contribution in [2.24, 2.45) is 0 Å². The Morgan fingerprint density at radius 1 is 1.21 bits per heavy atom. The zero-order valence-corrected chi connectivity index (χ0v) is 16.1. The van der Waals surface area contributed by atoms with Gasteiger partial charge in [0.25, 0.3) is 0 Å². The zero-order valence-electron chi connectivity index (χ0n) is 15.3. The van der Waals surface area contributed by atoms with E-state index in [1.54, 1.807) is 4.90 Å². The summed E-state index contributed by atoms with van der Waals surface area (Å²) in [5.41, 5.74) is 0.987. The third kappa shape index (κ3) is 5.03. The van der Waals surface area contributed by atoms with Gasteiger partial charge in [0.2, 0.25) is 17.7 Å². The number of aliphatic carboxylic acids is 1. The highest BCUT2D eigenvalue weighted by Crippen LogP contribution is 2.23. The molecule has 8 nitrogen and oxygen atoms in total. The molecule has 0 spiro atoms. The Balaban J connectivity index is 1.54. The van der Waals surface area contributed by atoms with Crippen molar-refractivity contribution in [3.63, 3.8) is 0 Å². The lowest BCUT2D eigenvalue weighted by Crippen LogP contribution is -2.67. The highest BCUT2D eigenvalue weighted by molar-refractivity contribution is 8.00. The molecule has 3 N–H and O–H groups in total. The van der Waals surface area contributed by atoms with Crippen molar-refractivity contribution in [3.8, 4) is 0 Å². The van der Waals surface area contributed by atoms with E-state index >= 15 is 0 Å². The van der Waals surface area contributed by atoms with Gasteiger partial charge in [0.1, 0.15) is 12.1 Å². The molecule has 2 aliphatic rings. The zero-order chi connectivity index (χ0) is 20.1. The first-order chi connectivity index (χ1) is 13.4. The first-order valence-corrected chi connectivity index (χ1v) is 10.3. The van der Waals surface area contributed by atoms with Gasteiger partial charge in [-0.1, -0.05) is 30.3 Å². The average molecular weight is 405 g/mol. The molecule has 2 heterocycles. The van der Waals surface area contributed by atoms with Gasteiger partial charge in [-0.2, -0.15) is 0 Å². The fourth-order valence-corrected chi connectivity index (χ4v) is 4.17. The molecule has 3 rings (SSSR count). The number of nitrogens with one attached hydrogen (secondary N) is 2. The molecule has 3 amide bonds. The number of thioether (sulfide) groups is 1. The number of hydrogen-bond acceptors (Lipinski definition) is 5. The van der Waals surface area contributed by atoms with Crippen LogP contribution in [0.1, 0.15) is 18.4 Å². The number of benzene rings is 1. The van der Waals surface area contributed by atoms with Gasteiger partial charge in [0, 0.05) is 19.0 Å². The molecule has 0 aromatic heterocycles. The maximum absolute atomic E-state index is 12.8. The summed E-state index contributed by atoms with van der Waals surface area (Å²) in [7, 11) is 0. The number of nitrogens with zero attached hydrogens (tertiary/aromatic N) is 1. The number of carbonyl (C=O) groups is 4. The van der Waals surface area contributed by atoms with Crippen LogP contribution in [-0.4, -0.2) is 69.9 Å². The van der Waals surface area contributed by atoms with Gasteiger partial charge in [-0.15, -0.1) is 11.8 Å². The predicted molar refractivity (Wildman–Crippen MR) is 104 cm³/mol. The van der Waals surface area contributed by atoms with E-state index < -0.39 is 18.1 Å². The summed E-state index contributed by atoms with van der Waals surface area (Å²) >= 11 is 1.03. The lowest BCUT2D eigenvalue weighted by Gasteiger charge is -2.44. The summed E-state index contributed by atoms with van der Waals surface area (Å²) in [6, 6.07) is 8.20. The van der Waals surface area contributed by atoms with E-state index in [1.807, 2.05) is 30.3 Å². The third-order valence-electron chi connectivity index (χ3n) is 4.91. The number of carbonyl (C=O) groups excluding carboxylic acids is 3. The molecule has 2 aliphatic heterocycles. The molecule has 0 bridgehead atoms. The molecule has 1 aromatic rings. The molecular formula is C19H23N3O5S. The Bertz CT molecular complexity index is 757. The monoisotopic (exact) mass is 405 g/mol. The first-order valence-electron chi connectivity index (χ1n) is 9.17. The third-order valence-corrected chi connectivity index (χ3v) is 5.83. The Hall–Kier alpha value is -2.55. The average Bonchev–Trinajstić information content (AvgIpc) is 2.66. The van der Waals surface area contributed by atoms with E-state index in [9.17, 15) is 19.2 Å². The van der Waals surface area contributed by atoms with Gasteiger partial charge >= 0.3 is 5.97 Å². The van der Waals surface area contributed by atoms with Crippen LogP contribution in [0.3, 0.4) is 0 Å². The second-order valence-corrected chi connectivity index (χ2v) is 7.96. The van der Waals surface area contributed by atoms with Crippen molar-refractivity contribution in [2.45, 2.75) is 37.4 Å². The maximum atomic E-state index is 12.8. The Morgan fingerprint density at radius 3 is 2.68 bits per heavy atom. The molecule has 28 heavy (non-hydrogen) atoms. The summed E-state index contributed by atoms with van der Waals surface area (Å²) < 4.78 is 0. The Kier molecular flexibility index (Phi) is 6.56. The number of piperidine rings is 1. The Labute approximate surface area is 167 Å². The second-order valence-electron chi connectivity index (χ2n) is 6.97. The topological polar surface area (TPSA) is 116 Å². The normalized spacial score (nSPS) is 24.3. The molecule has 2 saturated heterocycles. The number of fused-ring (bicyclic) bond motifs is 1. The SMILES string of the molecule is O=C(O)CSCC(=O)NC1CCN2C(=O)C(Cc3ccccc3)NC(=O)C2C1. The van der Waals surface area contributed by atoms with Crippen molar-refractivity contribution in [1.29, 1.82) is 0 Å². The van der Waals surface area contributed by atoms with E-state index in [-0.39, 0.29) is 35.3 Å². The minimum atomic E-state index is -0.964. The quantitative estimate of drug-likeness (QED) is 0.589. The van der Waals surface area contributed by atoms with Crippen molar-refractivity contribution in [1.82, 2.24) is 15.5 Å². The molecule has 9 heteroatoms. The van der Waals surface area contributed by atoms with Crippen LogP contribution in [0.4, 0.5) is 0 Å². The minimum absolute atomic E-state index is 0.0570. The van der Waals surface area contributed by atoms with E-state index in [0.717, 1.165) is 17.3 Å². The van der Waals surface area contributed by atoms with Crippen LogP contribution >= 0.6 is 11.8 Å². The minimum Gasteiger partial charge on any atom is -0.481 e. The van der Waals surface area contributed by atoms with Gasteiger partial charge in [0.15, 0.2) is 0 Å². The van der Waals surface area contributed by atoms with Crippen molar-refractivity contribution in [3.05, 3.63) is 35.9 Å². The number of hydrogen-bond donors (Lipinski definition) is 3. The van der Waals surface area contributed by atoms with Crippen LogP contribution in [0.25, 0.3) is 0 Å². The lowest BCUT2D eigenvalue weighted by molar-refractivity contribution is -0.151. The molecule has 0 aliphatic carbocycles. The fourth-order valence-electron chi connectivity index (χ4n) is 3.63. The molecular weight excluding hydrogens is 382 g/mol. The van der Waals surface area contributed by atoms with Gasteiger partial charge in [0.05, 0.1) is 11.5 Å². The van der Waals surface area contributed by atoms with Crippen LogP contribution in [0, 0.1) is 0 Å². The maximum Gasteiger partial charge on any atom is 0.313 e. The summed E-state index contributed by atoms with van der Waals surface area (Å²) in [4.78, 5) is 49.4. The number of carboxylic acid groups (broad SMARTS) is 1. The van der Waals surface area contributed by atoms with Crippen LogP contribution in [0.15, 0.2) is 30.3 Å². The molecule has 1 aromatic carbocycles. The van der Waals surface area contributed by atoms with Crippen LogP contribution in [-0.2, 0) is 25.6 Å². The number of piperazine rings is 1. The van der Waals surface area contributed by atoms with Gasteiger partial charge in [-0.05, 0) is 18.4 Å². The van der Waals surface area contributed by atoms with Gasteiger partial charge < -0.3 is 20.6 Å². The predicted octanol–water partition coefficient (Wildman–Crippen LogP) is 0.0211. The molecule has 2 fully saturated rings. The first kappa shape index (κ1) is 20.2. The number of carboxylic acids is 1. The van der Waals surface area contributed by atoms with Crippen molar-refractivity contribution >= 4 is 35.5 Å². The second kappa shape index (κ2) is 9.09. The van der Waals surface area contributed by atoms with Crippen LogP contribution in [0.2, 0.25) is 0 Å². The highest BCUT2D eigenvalue weighted by atomic mass is 32.2. The van der Waals surface area contributed by atoms with Crippen molar-refractivity contribution < 1.29 is 24.3 Å². The molecule has 0 radical (unpaired) electrons. The lowest BCUT2D eigenvalue weighted by atomic mass is 9.91. The van der Waals surface area contributed by atoms with E-state index in [0.29, 0.717) is 25.8 Å². The van der Waals surface area contributed by atoms with Gasteiger partial charge in [-0.3, -0.25) is 19.2 Å². The molecule has 150 valence electrons. The summed E-state index contributed by atoms with van der Waals surface area (Å²) in [6.07, 6.45) is 1.39. The Morgan fingerprint density at radius 2 is 1.96 bits per heavy atom. The highest BCUT2D eigenvalue weighted by Gasteiger charge is 2.43. The van der Waals surface area contributed by atoms with Crippen molar-refractivity contribution in [2.75, 3.05) is 18.1 Å². The molecule has 3 unspecified atom stereocenters. The summed E-state index contributed by atoms with van der Waals surface area (Å²) in [5.74, 6) is -1.58. The van der Waals surface area contributed by atoms with E-state index in [4.69, 9.17) is 5.11 Å². The van der Waals surface area contributed by atoms with Gasteiger partial charge in [-0.25, -0.2) is 0 Å². The largest absolute Gasteiger partial charge is 0.481 e. The standard InChI is InChI=1S/C19H23N3O5S/c23-16(10-28-11-17(24)25)20-13-6-7-22-15(9-13)18(26)21-14(19(22)27)8-12-4-2-1-3-5-12/h1-5,13-15H,6-11H2,(H,20,23)(H,21,26)(H,24,25). The smallest absolute Gasteiger partial charge is 0.313 e. The molecule has 3 atom stereocenters. The summed E-state index contributed by atoms with van der Waals surface area (Å²) in [5, 5.41) is 14.3. The summed E-state index contributed by atoms with van der Waals surface area (Å²) in [6.45, 7) is 0.412.